The largest absolute Gasteiger partial charge is 0.356 e. The Bertz CT molecular complexity index is 883. The molecule has 0 aliphatic carbocycles. The molecule has 25 heavy (non-hydrogen) atoms. The zero-order valence-electron chi connectivity index (χ0n) is 14.1. The van der Waals surface area contributed by atoms with Crippen molar-refractivity contribution in [2.24, 2.45) is 7.05 Å². The summed E-state index contributed by atoms with van der Waals surface area (Å²) in [5.41, 5.74) is 1.55. The molecular weight excluding hydrogens is 316 g/mol. The summed E-state index contributed by atoms with van der Waals surface area (Å²) in [5, 5.41) is 4.18. The molecule has 1 aliphatic rings. The summed E-state index contributed by atoms with van der Waals surface area (Å²) < 4.78 is 2.00. The summed E-state index contributed by atoms with van der Waals surface area (Å²) >= 11 is 0. The van der Waals surface area contributed by atoms with Crippen molar-refractivity contribution in [1.29, 1.82) is 0 Å². The van der Waals surface area contributed by atoms with E-state index in [-0.39, 0.29) is 11.9 Å². The van der Waals surface area contributed by atoms with E-state index in [1.54, 1.807) is 30.9 Å². The van der Waals surface area contributed by atoms with E-state index in [0.29, 0.717) is 5.56 Å². The van der Waals surface area contributed by atoms with Gasteiger partial charge in [0.1, 0.15) is 17.8 Å². The second-order valence-electron chi connectivity index (χ2n) is 6.34. The number of piperidine rings is 1. The number of hydrogen-bond acceptors (Lipinski definition) is 5. The molecule has 7 heteroatoms. The molecule has 0 bridgehead atoms. The number of carbonyl (C=O) groups excluding carboxylic acids is 1. The van der Waals surface area contributed by atoms with E-state index in [1.165, 1.54) is 0 Å². The third-order valence-electron chi connectivity index (χ3n) is 4.69. The van der Waals surface area contributed by atoms with Crippen LogP contribution in [-0.2, 0) is 7.05 Å². The predicted molar refractivity (Wildman–Crippen MR) is 95.4 cm³/mol. The number of pyridine rings is 1. The number of amides is 1. The molecule has 0 unspecified atom stereocenters. The Morgan fingerprint density at radius 2 is 2.08 bits per heavy atom. The summed E-state index contributed by atoms with van der Waals surface area (Å²) in [7, 11) is 1.99. The molecule has 0 spiro atoms. The van der Waals surface area contributed by atoms with Crippen molar-refractivity contribution < 1.29 is 4.79 Å². The van der Waals surface area contributed by atoms with Crippen LogP contribution in [0.3, 0.4) is 0 Å². The quantitative estimate of drug-likeness (QED) is 0.789. The maximum absolute atomic E-state index is 12.3. The van der Waals surface area contributed by atoms with Crippen LogP contribution in [-0.4, -0.2) is 44.6 Å². The highest BCUT2D eigenvalue weighted by molar-refractivity contribution is 5.94. The summed E-state index contributed by atoms with van der Waals surface area (Å²) in [6, 6.07) is 5.79. The number of hydrogen-bond donors (Lipinski definition) is 1. The minimum Gasteiger partial charge on any atom is -0.356 e. The smallest absolute Gasteiger partial charge is 0.253 e. The number of nitrogens with one attached hydrogen (secondary N) is 1. The van der Waals surface area contributed by atoms with Crippen molar-refractivity contribution in [1.82, 2.24) is 24.8 Å². The second-order valence-corrected chi connectivity index (χ2v) is 6.34. The lowest BCUT2D eigenvalue weighted by atomic mass is 10.0. The topological polar surface area (TPSA) is 75.9 Å². The van der Waals surface area contributed by atoms with Crippen LogP contribution in [0.1, 0.15) is 23.2 Å². The minimum atomic E-state index is -0.0564. The normalized spacial score (nSPS) is 15.5. The Hall–Kier alpha value is -2.96. The third-order valence-corrected chi connectivity index (χ3v) is 4.69. The molecule has 0 radical (unpaired) electrons. The van der Waals surface area contributed by atoms with Gasteiger partial charge in [-0.3, -0.25) is 9.78 Å². The predicted octanol–water partition coefficient (Wildman–Crippen LogP) is 1.76. The van der Waals surface area contributed by atoms with Crippen LogP contribution in [0.15, 0.2) is 43.1 Å². The molecule has 1 N–H and O–H groups in total. The maximum Gasteiger partial charge on any atom is 0.253 e. The van der Waals surface area contributed by atoms with Crippen molar-refractivity contribution in [3.8, 4) is 0 Å². The molecule has 1 fully saturated rings. The number of aromatic nitrogens is 4. The highest BCUT2D eigenvalue weighted by Crippen LogP contribution is 2.26. The summed E-state index contributed by atoms with van der Waals surface area (Å²) in [4.78, 5) is 27.4. The number of rotatable bonds is 3. The molecule has 0 saturated carbocycles. The molecule has 4 heterocycles. The monoisotopic (exact) mass is 336 g/mol. The number of carbonyl (C=O) groups is 1. The van der Waals surface area contributed by atoms with Gasteiger partial charge >= 0.3 is 0 Å². The van der Waals surface area contributed by atoms with Gasteiger partial charge in [-0.25, -0.2) is 9.97 Å². The van der Waals surface area contributed by atoms with E-state index in [2.05, 4.69) is 31.2 Å². The van der Waals surface area contributed by atoms with E-state index >= 15 is 0 Å². The van der Waals surface area contributed by atoms with Crippen LogP contribution in [0, 0.1) is 0 Å². The van der Waals surface area contributed by atoms with Gasteiger partial charge in [-0.1, -0.05) is 0 Å². The van der Waals surface area contributed by atoms with Gasteiger partial charge in [0.2, 0.25) is 0 Å². The van der Waals surface area contributed by atoms with Gasteiger partial charge in [-0.05, 0) is 31.0 Å². The number of fused-ring (bicyclic) bond motifs is 1. The summed E-state index contributed by atoms with van der Waals surface area (Å²) in [6.07, 6.45) is 8.67. The molecule has 7 nitrogen and oxygen atoms in total. The fourth-order valence-electron chi connectivity index (χ4n) is 3.32. The lowest BCUT2D eigenvalue weighted by molar-refractivity contribution is 0.0930. The van der Waals surface area contributed by atoms with Crippen LogP contribution in [0.25, 0.3) is 11.0 Å². The molecule has 128 valence electrons. The van der Waals surface area contributed by atoms with Crippen LogP contribution in [0.2, 0.25) is 0 Å². The zero-order chi connectivity index (χ0) is 17.2. The molecule has 0 atom stereocenters. The van der Waals surface area contributed by atoms with Gasteiger partial charge in [0.05, 0.1) is 10.9 Å². The lowest BCUT2D eigenvalue weighted by Gasteiger charge is -2.33. The molecular formula is C18H20N6O. The van der Waals surface area contributed by atoms with Crippen molar-refractivity contribution in [3.63, 3.8) is 0 Å². The standard InChI is InChI=1S/C18H20N6O/c1-23-8-6-15-16(23)20-12-21-17(15)24-9-4-14(5-10-24)22-18(25)13-3-2-7-19-11-13/h2-3,6-8,11-12,14H,4-5,9-10H2,1H3,(H,22,25). The van der Waals surface area contributed by atoms with Crippen molar-refractivity contribution in [2.45, 2.75) is 18.9 Å². The molecule has 3 aromatic rings. The molecule has 0 aromatic carbocycles. The van der Waals surface area contributed by atoms with Gasteiger partial charge in [0, 0.05) is 44.8 Å². The van der Waals surface area contributed by atoms with E-state index in [0.717, 1.165) is 42.8 Å². The van der Waals surface area contributed by atoms with Crippen molar-refractivity contribution in [2.75, 3.05) is 18.0 Å². The number of anilines is 1. The first-order valence-electron chi connectivity index (χ1n) is 8.44. The number of nitrogens with zero attached hydrogens (tertiary/aromatic N) is 5. The number of aryl methyl sites for hydroxylation is 1. The third kappa shape index (κ3) is 3.05. The zero-order valence-corrected chi connectivity index (χ0v) is 14.1. The van der Waals surface area contributed by atoms with Gasteiger partial charge in [-0.2, -0.15) is 0 Å². The average Bonchev–Trinajstić information content (AvgIpc) is 3.04. The van der Waals surface area contributed by atoms with Gasteiger partial charge in [0.25, 0.3) is 5.91 Å². The fourth-order valence-corrected chi connectivity index (χ4v) is 3.32. The summed E-state index contributed by atoms with van der Waals surface area (Å²) in [6.45, 7) is 1.72. The maximum atomic E-state index is 12.3. The van der Waals surface area contributed by atoms with Crippen molar-refractivity contribution >= 4 is 22.8 Å². The Kier molecular flexibility index (Phi) is 4.05. The van der Waals surface area contributed by atoms with Crippen LogP contribution < -0.4 is 10.2 Å². The van der Waals surface area contributed by atoms with Gasteiger partial charge < -0.3 is 14.8 Å². The van der Waals surface area contributed by atoms with Gasteiger partial charge in [-0.15, -0.1) is 0 Å². The highest BCUT2D eigenvalue weighted by Gasteiger charge is 2.23. The molecule has 3 aromatic heterocycles. The van der Waals surface area contributed by atoms with E-state index < -0.39 is 0 Å². The first-order valence-corrected chi connectivity index (χ1v) is 8.44. The molecule has 1 amide bonds. The fraction of sp³-hybridized carbons (Fsp3) is 0.333. The lowest BCUT2D eigenvalue weighted by Crippen LogP contribution is -2.45. The van der Waals surface area contributed by atoms with E-state index in [4.69, 9.17) is 0 Å². The van der Waals surface area contributed by atoms with Crippen LogP contribution in [0.5, 0.6) is 0 Å². The SMILES string of the molecule is Cn1ccc2c(N3CCC(NC(=O)c4cccnc4)CC3)ncnc21. The first-order chi connectivity index (χ1) is 12.2. The van der Waals surface area contributed by atoms with Crippen LogP contribution in [0.4, 0.5) is 5.82 Å². The van der Waals surface area contributed by atoms with E-state index in [1.807, 2.05) is 17.8 Å². The minimum absolute atomic E-state index is 0.0564. The molecule has 1 saturated heterocycles. The Balaban J connectivity index is 1.42. The second kappa shape index (κ2) is 6.51. The van der Waals surface area contributed by atoms with Gasteiger partial charge in [0.15, 0.2) is 0 Å². The van der Waals surface area contributed by atoms with Crippen LogP contribution >= 0.6 is 0 Å². The Morgan fingerprint density at radius 3 is 2.84 bits per heavy atom. The first kappa shape index (κ1) is 15.6. The molecule has 1 aliphatic heterocycles. The Labute approximate surface area is 145 Å². The average molecular weight is 336 g/mol. The van der Waals surface area contributed by atoms with E-state index in [9.17, 15) is 4.79 Å². The molecule has 4 rings (SSSR count). The highest BCUT2D eigenvalue weighted by atomic mass is 16.1. The Morgan fingerprint density at radius 1 is 1.24 bits per heavy atom. The van der Waals surface area contributed by atoms with Crippen molar-refractivity contribution in [3.05, 3.63) is 48.7 Å². The summed E-state index contributed by atoms with van der Waals surface area (Å²) in [5.74, 6) is 0.918.